The minimum Gasteiger partial charge on any atom is -0.453 e. The molecule has 0 saturated heterocycles. The van der Waals surface area contributed by atoms with E-state index in [9.17, 15) is 9.59 Å². The van der Waals surface area contributed by atoms with E-state index in [-0.39, 0.29) is 13.6 Å². The number of methoxy groups -OCH3 is 3. The Morgan fingerprint density at radius 3 is 2.25 bits per heavy atom. The van der Waals surface area contributed by atoms with E-state index >= 15 is 0 Å². The zero-order chi connectivity index (χ0) is 15.4. The van der Waals surface area contributed by atoms with Gasteiger partial charge in [0, 0.05) is 14.2 Å². The number of amides is 1. The Balaban J connectivity index is 4.89. The van der Waals surface area contributed by atoms with E-state index in [2.05, 4.69) is 16.6 Å². The molecule has 8 nitrogen and oxygen atoms in total. The molecule has 1 N–H and O–H groups in total. The van der Waals surface area contributed by atoms with Crippen LogP contribution >= 0.6 is 0 Å². The topological polar surface area (TPSA) is 92.3 Å². The number of rotatable bonds is 11. The Kier molecular flexibility index (Phi) is 10.5. The highest BCUT2D eigenvalue weighted by molar-refractivity contribution is 5.73. The van der Waals surface area contributed by atoms with Gasteiger partial charge in [-0.25, -0.2) is 4.79 Å². The lowest BCUT2D eigenvalue weighted by molar-refractivity contribution is -0.154. The highest BCUT2D eigenvalue weighted by atomic mass is 16.7. The van der Waals surface area contributed by atoms with Crippen molar-refractivity contribution < 1.29 is 33.3 Å². The van der Waals surface area contributed by atoms with E-state index in [0.717, 1.165) is 0 Å². The van der Waals surface area contributed by atoms with Gasteiger partial charge in [-0.1, -0.05) is 6.08 Å². The second-order valence-electron chi connectivity index (χ2n) is 3.61. The van der Waals surface area contributed by atoms with E-state index in [1.807, 2.05) is 0 Å². The van der Waals surface area contributed by atoms with E-state index in [1.54, 1.807) is 0 Å². The molecule has 8 heteroatoms. The molecule has 0 radical (unpaired) electrons. The zero-order valence-corrected chi connectivity index (χ0v) is 11.9. The van der Waals surface area contributed by atoms with Crippen LogP contribution < -0.4 is 5.32 Å². The maximum absolute atomic E-state index is 11.2. The van der Waals surface area contributed by atoms with Crippen molar-refractivity contribution in [3.05, 3.63) is 12.7 Å². The normalized spacial score (nSPS) is 14.9. The number of carbonyl (C=O) groups excluding carboxylic acids is 2. The van der Waals surface area contributed by atoms with Crippen LogP contribution in [0.4, 0.5) is 4.79 Å². The summed E-state index contributed by atoms with van der Waals surface area (Å²) in [6, 6.07) is -0.988. The summed E-state index contributed by atoms with van der Waals surface area (Å²) in [4.78, 5) is 22.4. The summed E-state index contributed by atoms with van der Waals surface area (Å²) in [6.45, 7) is 3.49. The van der Waals surface area contributed by atoms with Crippen LogP contribution in [0.25, 0.3) is 0 Å². The summed E-state index contributed by atoms with van der Waals surface area (Å²) in [5.41, 5.74) is 0. The first-order chi connectivity index (χ1) is 9.64. The molecule has 0 bridgehead atoms. The summed E-state index contributed by atoms with van der Waals surface area (Å²) < 4.78 is 24.7. The average molecular weight is 291 g/mol. The van der Waals surface area contributed by atoms with Gasteiger partial charge in [-0.3, -0.25) is 0 Å². The van der Waals surface area contributed by atoms with Crippen LogP contribution in [0.3, 0.4) is 0 Å². The first-order valence-electron chi connectivity index (χ1n) is 5.78. The van der Waals surface area contributed by atoms with Gasteiger partial charge < -0.3 is 33.8 Å². The van der Waals surface area contributed by atoms with Crippen molar-refractivity contribution in [3.8, 4) is 0 Å². The van der Waals surface area contributed by atoms with Crippen LogP contribution in [-0.2, 0) is 28.5 Å². The number of aldehydes is 1. The molecular weight excluding hydrogens is 270 g/mol. The highest BCUT2D eigenvalue weighted by Gasteiger charge is 2.31. The number of ether oxygens (including phenoxy) is 5. The maximum Gasteiger partial charge on any atom is 0.407 e. The minimum atomic E-state index is -0.988. The van der Waals surface area contributed by atoms with Crippen LogP contribution in [0, 0.1) is 0 Å². The monoisotopic (exact) mass is 291 g/mol. The minimum absolute atomic E-state index is 0.0205. The fourth-order valence-corrected chi connectivity index (χ4v) is 1.38. The third-order valence-electron chi connectivity index (χ3n) is 2.28. The molecular formula is C12H21NO7. The Hall–Kier alpha value is -1.48. The Morgan fingerprint density at radius 1 is 1.20 bits per heavy atom. The summed E-state index contributed by atoms with van der Waals surface area (Å²) in [7, 11) is 4.07. The molecule has 0 saturated carbocycles. The van der Waals surface area contributed by atoms with Crippen LogP contribution in [0.1, 0.15) is 0 Å². The number of hydrogen-bond acceptors (Lipinski definition) is 7. The van der Waals surface area contributed by atoms with Crippen molar-refractivity contribution in [2.75, 3.05) is 34.9 Å². The van der Waals surface area contributed by atoms with Crippen molar-refractivity contribution in [3.63, 3.8) is 0 Å². The lowest BCUT2D eigenvalue weighted by Gasteiger charge is -2.28. The summed E-state index contributed by atoms with van der Waals surface area (Å²) in [5.74, 6) is 0. The molecule has 0 aromatic heterocycles. The third kappa shape index (κ3) is 6.62. The van der Waals surface area contributed by atoms with Crippen LogP contribution in [0.15, 0.2) is 12.7 Å². The third-order valence-corrected chi connectivity index (χ3v) is 2.28. The maximum atomic E-state index is 11.2. The van der Waals surface area contributed by atoms with Crippen molar-refractivity contribution in [2.45, 2.75) is 18.2 Å². The van der Waals surface area contributed by atoms with E-state index in [0.29, 0.717) is 6.29 Å². The van der Waals surface area contributed by atoms with Gasteiger partial charge in [0.15, 0.2) is 0 Å². The van der Waals surface area contributed by atoms with Gasteiger partial charge in [0.2, 0.25) is 0 Å². The SMILES string of the molecule is C=C[C@@H](OCOC)[C@H](OCOC)[C@H](C=O)NC(=O)OC. The first-order valence-corrected chi connectivity index (χ1v) is 5.78. The lowest BCUT2D eigenvalue weighted by Crippen LogP contribution is -2.51. The molecule has 0 aliphatic heterocycles. The summed E-state index contributed by atoms with van der Waals surface area (Å²) >= 11 is 0. The Labute approximate surface area is 118 Å². The summed E-state index contributed by atoms with van der Waals surface area (Å²) in [6.07, 6.45) is -0.321. The lowest BCUT2D eigenvalue weighted by atomic mass is 10.1. The predicted molar refractivity (Wildman–Crippen MR) is 69.1 cm³/mol. The number of nitrogens with one attached hydrogen (secondary N) is 1. The average Bonchev–Trinajstić information content (AvgIpc) is 2.48. The molecule has 116 valence electrons. The second kappa shape index (κ2) is 11.4. The molecule has 0 heterocycles. The van der Waals surface area contributed by atoms with Crippen molar-refractivity contribution in [1.29, 1.82) is 0 Å². The highest BCUT2D eigenvalue weighted by Crippen LogP contribution is 2.10. The molecule has 0 fully saturated rings. The van der Waals surface area contributed by atoms with E-state index in [1.165, 1.54) is 27.4 Å². The second-order valence-corrected chi connectivity index (χ2v) is 3.61. The zero-order valence-electron chi connectivity index (χ0n) is 11.9. The van der Waals surface area contributed by atoms with Crippen molar-refractivity contribution in [1.82, 2.24) is 5.32 Å². The van der Waals surface area contributed by atoms with E-state index in [4.69, 9.17) is 18.9 Å². The van der Waals surface area contributed by atoms with Crippen molar-refractivity contribution >= 4 is 12.4 Å². The molecule has 0 aromatic carbocycles. The van der Waals surface area contributed by atoms with Gasteiger partial charge in [0.25, 0.3) is 0 Å². The van der Waals surface area contributed by atoms with Crippen molar-refractivity contribution in [2.24, 2.45) is 0 Å². The van der Waals surface area contributed by atoms with E-state index < -0.39 is 24.3 Å². The standard InChI is InChI=1S/C12H21NO7/c1-5-10(19-7-16-2)11(20-8-17-3)9(6-14)13-12(15)18-4/h5-6,9-11H,1,7-8H2,2-4H3,(H,13,15)/t9-,10+,11+/m0/s1. The Morgan fingerprint density at radius 2 is 1.80 bits per heavy atom. The number of carbonyl (C=O) groups is 2. The quantitative estimate of drug-likeness (QED) is 0.327. The smallest absolute Gasteiger partial charge is 0.407 e. The largest absolute Gasteiger partial charge is 0.453 e. The molecule has 3 atom stereocenters. The molecule has 0 aliphatic rings. The molecule has 0 aliphatic carbocycles. The van der Waals surface area contributed by atoms with Gasteiger partial charge in [0.1, 0.15) is 38.1 Å². The van der Waals surface area contributed by atoms with Crippen LogP contribution in [-0.4, -0.2) is 65.5 Å². The van der Waals surface area contributed by atoms with Gasteiger partial charge in [-0.05, 0) is 0 Å². The molecule has 0 rings (SSSR count). The summed E-state index contributed by atoms with van der Waals surface area (Å²) in [5, 5.41) is 2.34. The predicted octanol–water partition coefficient (Wildman–Crippen LogP) is 0.0741. The fourth-order valence-electron chi connectivity index (χ4n) is 1.38. The molecule has 0 unspecified atom stereocenters. The van der Waals surface area contributed by atoms with Gasteiger partial charge in [0.05, 0.1) is 7.11 Å². The fraction of sp³-hybridized carbons (Fsp3) is 0.667. The van der Waals surface area contributed by atoms with Gasteiger partial charge in [-0.2, -0.15) is 0 Å². The molecule has 1 amide bonds. The van der Waals surface area contributed by atoms with Crippen LogP contribution in [0.2, 0.25) is 0 Å². The number of hydrogen-bond donors (Lipinski definition) is 1. The molecule has 20 heavy (non-hydrogen) atoms. The first kappa shape index (κ1) is 18.5. The van der Waals surface area contributed by atoms with Crippen LogP contribution in [0.5, 0.6) is 0 Å². The van der Waals surface area contributed by atoms with Gasteiger partial charge in [-0.15, -0.1) is 6.58 Å². The van der Waals surface area contributed by atoms with Gasteiger partial charge >= 0.3 is 6.09 Å². The molecule has 0 aromatic rings. The Bertz CT molecular complexity index is 298. The number of alkyl carbamates (subject to hydrolysis) is 1. The molecule has 0 spiro atoms.